The van der Waals surface area contributed by atoms with Gasteiger partial charge in [-0.25, -0.2) is 0 Å². The minimum Gasteiger partial charge on any atom is -0.394 e. The van der Waals surface area contributed by atoms with Crippen LogP contribution in [0.2, 0.25) is 0 Å². The van der Waals surface area contributed by atoms with Crippen molar-refractivity contribution in [1.82, 2.24) is 10.6 Å². The molecule has 0 radical (unpaired) electrons. The molecule has 1 amide bonds. The van der Waals surface area contributed by atoms with E-state index in [0.29, 0.717) is 25.8 Å². The van der Waals surface area contributed by atoms with Gasteiger partial charge in [0.2, 0.25) is 5.91 Å². The molecule has 2 aromatic rings. The van der Waals surface area contributed by atoms with Gasteiger partial charge in [-0.3, -0.25) is 15.1 Å². The van der Waals surface area contributed by atoms with Crippen LogP contribution < -0.4 is 22.1 Å². The highest BCUT2D eigenvalue weighted by Crippen LogP contribution is 2.19. The number of carbonyl (C=O) groups is 1. The second-order valence-electron chi connectivity index (χ2n) is 7.52. The molecule has 8 N–H and O–H groups in total. The lowest BCUT2D eigenvalue weighted by molar-refractivity contribution is -0.124. The maximum Gasteiger partial charge on any atom is 0.238 e. The van der Waals surface area contributed by atoms with Crippen LogP contribution in [-0.4, -0.2) is 59.3 Å². The smallest absolute Gasteiger partial charge is 0.238 e. The fourth-order valence-corrected chi connectivity index (χ4v) is 3.52. The Hall–Kier alpha value is -2.59. The zero-order valence-electron chi connectivity index (χ0n) is 18.0. The predicted octanol–water partition coefficient (Wildman–Crippen LogP) is 0.633. The molecule has 1 unspecified atom stereocenters. The normalized spacial score (nSPS) is 13.7. The van der Waals surface area contributed by atoms with Gasteiger partial charge in [0.15, 0.2) is 5.96 Å². The second kappa shape index (κ2) is 13.7. The minimum atomic E-state index is -0.921. The van der Waals surface area contributed by atoms with Gasteiger partial charge in [-0.1, -0.05) is 54.6 Å². The Kier molecular flexibility index (Phi) is 11.0. The van der Waals surface area contributed by atoms with Gasteiger partial charge in [-0.05, 0) is 29.5 Å². The maximum atomic E-state index is 12.6. The van der Waals surface area contributed by atoms with Crippen molar-refractivity contribution in [2.75, 3.05) is 18.9 Å². The molecule has 3 atom stereocenters. The Morgan fingerprint density at radius 3 is 2.31 bits per heavy atom. The van der Waals surface area contributed by atoms with Crippen LogP contribution in [0.1, 0.15) is 18.4 Å². The van der Waals surface area contributed by atoms with Crippen LogP contribution in [0.15, 0.2) is 59.6 Å². The van der Waals surface area contributed by atoms with Gasteiger partial charge in [0.1, 0.15) is 6.23 Å². The molecule has 0 aliphatic rings. The first-order valence-electron chi connectivity index (χ1n) is 10.6. The molecule has 0 saturated heterocycles. The van der Waals surface area contributed by atoms with Crippen molar-refractivity contribution in [3.05, 3.63) is 60.2 Å². The summed E-state index contributed by atoms with van der Waals surface area (Å²) < 4.78 is 0. The number of aliphatic hydroxyl groups is 2. The molecule has 9 heteroatoms. The van der Waals surface area contributed by atoms with Gasteiger partial charge in [-0.2, -0.15) is 12.6 Å². The van der Waals surface area contributed by atoms with E-state index in [4.69, 9.17) is 11.5 Å². The number of rotatable bonds is 13. The molecule has 0 bridgehead atoms. The summed E-state index contributed by atoms with van der Waals surface area (Å²) in [7, 11) is 0. The summed E-state index contributed by atoms with van der Waals surface area (Å²) in [6, 6.07) is 16.8. The molecule has 174 valence electrons. The van der Waals surface area contributed by atoms with Crippen LogP contribution in [0.4, 0.5) is 0 Å². The number of hydrogen-bond donors (Lipinski definition) is 7. The highest BCUT2D eigenvalue weighted by molar-refractivity contribution is 7.80. The van der Waals surface area contributed by atoms with Crippen molar-refractivity contribution in [2.24, 2.45) is 16.5 Å². The molecule has 0 fully saturated rings. The monoisotopic (exact) mass is 459 g/mol. The SMILES string of the molecule is NC(N)=NCCC[C@H](CO)NC(=O)[C@H](CS)NC(O)Cc1ccc(-c2ccccc2)cc1. The van der Waals surface area contributed by atoms with Crippen molar-refractivity contribution >= 4 is 24.5 Å². The Balaban J connectivity index is 1.84. The fraction of sp³-hybridized carbons (Fsp3) is 0.391. The molecule has 0 saturated carbocycles. The fourth-order valence-electron chi connectivity index (χ4n) is 3.25. The molecular formula is C23H33N5O3S. The number of nitrogens with one attached hydrogen (secondary N) is 2. The first-order valence-corrected chi connectivity index (χ1v) is 11.2. The Bertz CT molecular complexity index is 844. The summed E-state index contributed by atoms with van der Waals surface area (Å²) in [5.41, 5.74) is 13.7. The van der Waals surface area contributed by atoms with Gasteiger partial charge in [-0.15, -0.1) is 0 Å². The third kappa shape index (κ3) is 8.88. The van der Waals surface area contributed by atoms with Crippen molar-refractivity contribution in [3.63, 3.8) is 0 Å². The molecule has 8 nitrogen and oxygen atoms in total. The molecule has 0 spiro atoms. The second-order valence-corrected chi connectivity index (χ2v) is 7.89. The summed E-state index contributed by atoms with van der Waals surface area (Å²) in [4.78, 5) is 16.4. The van der Waals surface area contributed by atoms with Crippen LogP contribution in [0.5, 0.6) is 0 Å². The van der Waals surface area contributed by atoms with Crippen molar-refractivity contribution in [2.45, 2.75) is 37.6 Å². The lowest BCUT2D eigenvalue weighted by Gasteiger charge is -2.23. The quantitative estimate of drug-likeness (QED) is 0.0769. The molecule has 0 heterocycles. The van der Waals surface area contributed by atoms with E-state index in [1.54, 1.807) is 0 Å². The van der Waals surface area contributed by atoms with Crippen molar-refractivity contribution < 1.29 is 15.0 Å². The third-order valence-corrected chi connectivity index (χ3v) is 5.32. The number of thiol groups is 1. The number of carbonyl (C=O) groups excluding carboxylic acids is 1. The molecular weight excluding hydrogens is 426 g/mol. The molecule has 2 rings (SSSR count). The minimum absolute atomic E-state index is 0.0117. The largest absolute Gasteiger partial charge is 0.394 e. The number of amides is 1. The average molecular weight is 460 g/mol. The van der Waals surface area contributed by atoms with Gasteiger partial charge >= 0.3 is 0 Å². The number of hydrogen-bond acceptors (Lipinski definition) is 6. The zero-order valence-corrected chi connectivity index (χ0v) is 18.9. The molecule has 0 aromatic heterocycles. The van der Waals surface area contributed by atoms with Crippen LogP contribution in [-0.2, 0) is 11.2 Å². The van der Waals surface area contributed by atoms with E-state index in [1.165, 1.54) is 0 Å². The van der Waals surface area contributed by atoms with Crippen molar-refractivity contribution in [1.29, 1.82) is 0 Å². The van der Waals surface area contributed by atoms with Gasteiger partial charge in [0.25, 0.3) is 0 Å². The lowest BCUT2D eigenvalue weighted by Crippen LogP contribution is -2.53. The summed E-state index contributed by atoms with van der Waals surface area (Å²) >= 11 is 4.23. The molecule has 32 heavy (non-hydrogen) atoms. The van der Waals surface area contributed by atoms with Crippen LogP contribution in [0.25, 0.3) is 11.1 Å². The zero-order chi connectivity index (χ0) is 23.3. The van der Waals surface area contributed by atoms with Crippen molar-refractivity contribution in [3.8, 4) is 11.1 Å². The van der Waals surface area contributed by atoms with E-state index < -0.39 is 18.3 Å². The van der Waals surface area contributed by atoms with E-state index in [1.807, 2.05) is 54.6 Å². The van der Waals surface area contributed by atoms with E-state index in [0.717, 1.165) is 16.7 Å². The van der Waals surface area contributed by atoms with Crippen LogP contribution in [0.3, 0.4) is 0 Å². The van der Waals surface area contributed by atoms with E-state index in [9.17, 15) is 15.0 Å². The first kappa shape index (κ1) is 25.7. The van der Waals surface area contributed by atoms with Gasteiger partial charge in [0, 0.05) is 18.7 Å². The van der Waals surface area contributed by atoms with Crippen LogP contribution >= 0.6 is 12.6 Å². The number of aliphatic imine (C=N–C) groups is 1. The van der Waals surface area contributed by atoms with Gasteiger partial charge in [0.05, 0.1) is 18.7 Å². The highest BCUT2D eigenvalue weighted by atomic mass is 32.1. The Morgan fingerprint density at radius 1 is 1.06 bits per heavy atom. The number of nitrogens with two attached hydrogens (primary N) is 2. The topological polar surface area (TPSA) is 146 Å². The standard InChI is InChI=1S/C23H33N5O3S/c24-23(25)26-12-4-7-19(14-29)27-22(31)20(15-32)28-21(30)13-16-8-10-18(11-9-16)17-5-2-1-3-6-17/h1-3,5-6,8-11,19-21,28-30,32H,4,7,12-15H2,(H,27,31)(H4,24,25,26)/t19-,20+,21?/m1/s1. The number of benzene rings is 2. The van der Waals surface area contributed by atoms with E-state index in [-0.39, 0.29) is 24.2 Å². The van der Waals surface area contributed by atoms with E-state index >= 15 is 0 Å². The predicted molar refractivity (Wildman–Crippen MR) is 131 cm³/mol. The number of nitrogens with zero attached hydrogens (tertiary/aromatic N) is 1. The summed E-state index contributed by atoms with van der Waals surface area (Å²) in [6.45, 7) is 0.216. The Labute approximate surface area is 194 Å². The maximum absolute atomic E-state index is 12.6. The first-order chi connectivity index (χ1) is 15.4. The van der Waals surface area contributed by atoms with Crippen LogP contribution in [0, 0.1) is 0 Å². The molecule has 0 aliphatic heterocycles. The summed E-state index contributed by atoms with van der Waals surface area (Å²) in [6.07, 6.45) is 0.558. The average Bonchev–Trinajstić information content (AvgIpc) is 2.80. The number of guanidine groups is 1. The number of aliphatic hydroxyl groups excluding tert-OH is 2. The summed E-state index contributed by atoms with van der Waals surface area (Å²) in [5, 5.41) is 25.7. The highest BCUT2D eigenvalue weighted by Gasteiger charge is 2.22. The Morgan fingerprint density at radius 2 is 1.72 bits per heavy atom. The molecule has 2 aromatic carbocycles. The van der Waals surface area contributed by atoms with E-state index in [2.05, 4.69) is 28.3 Å². The lowest BCUT2D eigenvalue weighted by atomic mass is 10.0. The third-order valence-electron chi connectivity index (χ3n) is 4.95. The molecule has 0 aliphatic carbocycles. The summed E-state index contributed by atoms with van der Waals surface area (Å²) in [5.74, 6) is -0.126. The van der Waals surface area contributed by atoms with Gasteiger partial charge < -0.3 is 27.0 Å².